The normalized spacial score (nSPS) is 18.1. The van der Waals surface area contributed by atoms with Gasteiger partial charge in [0.15, 0.2) is 0 Å². The summed E-state index contributed by atoms with van der Waals surface area (Å²) in [6, 6.07) is 0.494. The Hall–Kier alpha value is -1.29. The zero-order chi connectivity index (χ0) is 15.2. The number of rotatable bonds is 6. The van der Waals surface area contributed by atoms with E-state index in [0.717, 1.165) is 13.1 Å². The predicted molar refractivity (Wildman–Crippen MR) is 86.3 cm³/mol. The number of aryl methyl sites for hydroxylation is 2. The van der Waals surface area contributed by atoms with Crippen LogP contribution >= 0.6 is 0 Å². The van der Waals surface area contributed by atoms with Crippen molar-refractivity contribution in [3.05, 3.63) is 23.5 Å². The van der Waals surface area contributed by atoms with Gasteiger partial charge in [0, 0.05) is 45.5 Å². The van der Waals surface area contributed by atoms with E-state index in [1.807, 2.05) is 14.1 Å². The molecule has 1 aliphatic rings. The van der Waals surface area contributed by atoms with Crippen LogP contribution in [0.2, 0.25) is 0 Å². The third kappa shape index (κ3) is 4.34. The zero-order valence-electron chi connectivity index (χ0n) is 13.7. The molecule has 1 aromatic rings. The van der Waals surface area contributed by atoms with Gasteiger partial charge in [0.05, 0.1) is 0 Å². The Kier molecular flexibility index (Phi) is 5.85. The van der Waals surface area contributed by atoms with E-state index in [1.54, 1.807) is 4.90 Å². The lowest BCUT2D eigenvalue weighted by atomic mass is 10.0. The molecule has 21 heavy (non-hydrogen) atoms. The molecule has 0 spiro atoms. The number of nitrogens with one attached hydrogen (secondary N) is 1. The summed E-state index contributed by atoms with van der Waals surface area (Å²) < 4.78 is 2.21. The highest BCUT2D eigenvalue weighted by atomic mass is 16.2. The standard InChI is InChI=1S/C17H29N3O/c1-4-10-18-16-8-6-5-7-14-12-20(13-15(14)16)11-9-17(21)19(2)3/h12-13,16,18H,4-11H2,1-3H3. The third-order valence-electron chi connectivity index (χ3n) is 4.29. The van der Waals surface area contributed by atoms with Crippen molar-refractivity contribution in [3.8, 4) is 0 Å². The molecule has 4 nitrogen and oxygen atoms in total. The Labute approximate surface area is 128 Å². The van der Waals surface area contributed by atoms with Gasteiger partial charge >= 0.3 is 0 Å². The Morgan fingerprint density at radius 2 is 2.19 bits per heavy atom. The van der Waals surface area contributed by atoms with Gasteiger partial charge in [-0.15, -0.1) is 0 Å². The van der Waals surface area contributed by atoms with Crippen molar-refractivity contribution in [1.29, 1.82) is 0 Å². The molecule has 0 saturated heterocycles. The molecule has 1 atom stereocenters. The quantitative estimate of drug-likeness (QED) is 0.818. The van der Waals surface area contributed by atoms with E-state index in [4.69, 9.17) is 0 Å². The van der Waals surface area contributed by atoms with Crippen molar-refractivity contribution in [3.63, 3.8) is 0 Å². The molecule has 1 aromatic heterocycles. The van der Waals surface area contributed by atoms with Crippen molar-refractivity contribution < 1.29 is 4.79 Å². The second-order valence-corrected chi connectivity index (χ2v) is 6.27. The van der Waals surface area contributed by atoms with Crippen LogP contribution in [-0.4, -0.2) is 36.0 Å². The van der Waals surface area contributed by atoms with Gasteiger partial charge in [0.1, 0.15) is 0 Å². The average molecular weight is 291 g/mol. The molecule has 0 aromatic carbocycles. The smallest absolute Gasteiger partial charge is 0.223 e. The third-order valence-corrected chi connectivity index (χ3v) is 4.29. The molecule has 1 N–H and O–H groups in total. The van der Waals surface area contributed by atoms with Gasteiger partial charge in [0.2, 0.25) is 5.91 Å². The van der Waals surface area contributed by atoms with Crippen LogP contribution < -0.4 is 5.32 Å². The molecule has 0 aliphatic heterocycles. The van der Waals surface area contributed by atoms with Crippen LogP contribution in [0.5, 0.6) is 0 Å². The first-order valence-corrected chi connectivity index (χ1v) is 8.24. The fourth-order valence-corrected chi connectivity index (χ4v) is 3.02. The van der Waals surface area contributed by atoms with Crippen LogP contribution in [0.1, 0.15) is 56.2 Å². The van der Waals surface area contributed by atoms with Gasteiger partial charge < -0.3 is 14.8 Å². The van der Waals surface area contributed by atoms with Crippen molar-refractivity contribution in [2.45, 2.75) is 58.0 Å². The number of carbonyl (C=O) groups is 1. The highest BCUT2D eigenvalue weighted by Crippen LogP contribution is 2.29. The summed E-state index contributed by atoms with van der Waals surface area (Å²) in [6.45, 7) is 4.07. The molecular weight excluding hydrogens is 262 g/mol. The van der Waals surface area contributed by atoms with E-state index >= 15 is 0 Å². The number of carbonyl (C=O) groups excluding carboxylic acids is 1. The SMILES string of the molecule is CCCNC1CCCCc2cn(CCC(=O)N(C)C)cc21. The minimum absolute atomic E-state index is 0.194. The number of fused-ring (bicyclic) bond motifs is 1. The first kappa shape index (κ1) is 16.1. The molecule has 118 valence electrons. The van der Waals surface area contributed by atoms with Crippen molar-refractivity contribution in [2.75, 3.05) is 20.6 Å². The highest BCUT2D eigenvalue weighted by Gasteiger charge is 2.20. The van der Waals surface area contributed by atoms with Crippen molar-refractivity contribution in [2.24, 2.45) is 0 Å². The summed E-state index contributed by atoms with van der Waals surface area (Å²) in [4.78, 5) is 13.4. The molecule has 1 unspecified atom stereocenters. The van der Waals surface area contributed by atoms with Gasteiger partial charge in [-0.3, -0.25) is 4.79 Å². The molecule has 1 heterocycles. The lowest BCUT2D eigenvalue weighted by Gasteiger charge is -2.16. The number of aromatic nitrogens is 1. The van der Waals surface area contributed by atoms with Crippen LogP contribution in [0, 0.1) is 0 Å². The molecular formula is C17H29N3O. The van der Waals surface area contributed by atoms with Gasteiger partial charge in [-0.25, -0.2) is 0 Å². The van der Waals surface area contributed by atoms with E-state index < -0.39 is 0 Å². The van der Waals surface area contributed by atoms with Gasteiger partial charge in [-0.05, 0) is 43.4 Å². The van der Waals surface area contributed by atoms with E-state index in [2.05, 4.69) is 29.2 Å². The lowest BCUT2D eigenvalue weighted by molar-refractivity contribution is -0.128. The molecule has 1 amide bonds. The van der Waals surface area contributed by atoms with Crippen molar-refractivity contribution >= 4 is 5.91 Å². The van der Waals surface area contributed by atoms with Crippen LogP contribution in [0.3, 0.4) is 0 Å². The van der Waals surface area contributed by atoms with Crippen molar-refractivity contribution in [1.82, 2.24) is 14.8 Å². The zero-order valence-corrected chi connectivity index (χ0v) is 13.7. The Morgan fingerprint density at radius 1 is 1.38 bits per heavy atom. The average Bonchev–Trinajstić information content (AvgIpc) is 2.78. The topological polar surface area (TPSA) is 37.3 Å². The van der Waals surface area contributed by atoms with Gasteiger partial charge in [-0.2, -0.15) is 0 Å². The maximum absolute atomic E-state index is 11.7. The number of amides is 1. The predicted octanol–water partition coefficient (Wildman–Crippen LogP) is 2.73. The molecule has 0 bridgehead atoms. The largest absolute Gasteiger partial charge is 0.353 e. The second-order valence-electron chi connectivity index (χ2n) is 6.27. The molecule has 0 fully saturated rings. The minimum atomic E-state index is 0.194. The van der Waals surface area contributed by atoms with E-state index in [9.17, 15) is 4.79 Å². The summed E-state index contributed by atoms with van der Waals surface area (Å²) in [6.07, 6.45) is 11.2. The number of hydrogen-bond acceptors (Lipinski definition) is 2. The number of nitrogens with zero attached hydrogens (tertiary/aromatic N) is 2. The molecule has 1 aliphatic carbocycles. The summed E-state index contributed by atoms with van der Waals surface area (Å²) >= 11 is 0. The molecule has 4 heteroatoms. The summed E-state index contributed by atoms with van der Waals surface area (Å²) in [5.74, 6) is 0.194. The summed E-state index contributed by atoms with van der Waals surface area (Å²) in [7, 11) is 3.63. The van der Waals surface area contributed by atoms with E-state index in [0.29, 0.717) is 12.5 Å². The number of hydrogen-bond donors (Lipinski definition) is 1. The van der Waals surface area contributed by atoms with Crippen LogP contribution in [0.15, 0.2) is 12.4 Å². The fraction of sp³-hybridized carbons (Fsp3) is 0.706. The van der Waals surface area contributed by atoms with E-state index in [1.165, 1.54) is 43.2 Å². The first-order chi connectivity index (χ1) is 10.1. The molecule has 0 radical (unpaired) electrons. The Bertz CT molecular complexity index is 465. The maximum Gasteiger partial charge on any atom is 0.223 e. The lowest BCUT2D eigenvalue weighted by Crippen LogP contribution is -2.23. The molecule has 2 rings (SSSR count). The Balaban J connectivity index is 2.04. The van der Waals surface area contributed by atoms with E-state index in [-0.39, 0.29) is 5.91 Å². The van der Waals surface area contributed by atoms with Crippen LogP contribution in [0.4, 0.5) is 0 Å². The second kappa shape index (κ2) is 7.64. The van der Waals surface area contributed by atoms with Crippen LogP contribution in [0.25, 0.3) is 0 Å². The maximum atomic E-state index is 11.7. The van der Waals surface area contributed by atoms with Gasteiger partial charge in [-0.1, -0.05) is 13.3 Å². The summed E-state index contributed by atoms with van der Waals surface area (Å²) in [5, 5.41) is 3.68. The minimum Gasteiger partial charge on any atom is -0.353 e. The Morgan fingerprint density at radius 3 is 2.90 bits per heavy atom. The van der Waals surface area contributed by atoms with Crippen LogP contribution in [-0.2, 0) is 17.8 Å². The highest BCUT2D eigenvalue weighted by molar-refractivity contribution is 5.75. The van der Waals surface area contributed by atoms with Gasteiger partial charge in [0.25, 0.3) is 0 Å². The molecule has 0 saturated carbocycles. The first-order valence-electron chi connectivity index (χ1n) is 8.24. The summed E-state index contributed by atoms with van der Waals surface area (Å²) in [5.41, 5.74) is 2.93. The fourth-order valence-electron chi connectivity index (χ4n) is 3.02. The monoisotopic (exact) mass is 291 g/mol.